The van der Waals surface area contributed by atoms with Crippen LogP contribution in [0.15, 0.2) is 54.6 Å². The molecule has 170 valence electrons. The molecule has 0 radical (unpaired) electrons. The van der Waals surface area contributed by atoms with Crippen molar-refractivity contribution in [2.45, 2.75) is 25.8 Å². The van der Waals surface area contributed by atoms with Crippen molar-refractivity contribution in [1.29, 1.82) is 5.26 Å². The molecule has 34 heavy (non-hydrogen) atoms. The molecule has 7 heteroatoms. The van der Waals surface area contributed by atoms with Crippen molar-refractivity contribution >= 4 is 16.6 Å². The first-order valence-electron chi connectivity index (χ1n) is 11.3. The van der Waals surface area contributed by atoms with Gasteiger partial charge in [-0.15, -0.1) is 10.2 Å². The molecular formula is C27H24FN5O. The monoisotopic (exact) mass is 453 g/mol. The molecule has 2 heterocycles. The van der Waals surface area contributed by atoms with Crippen LogP contribution in [0.4, 0.5) is 10.1 Å². The van der Waals surface area contributed by atoms with Gasteiger partial charge in [-0.05, 0) is 67.3 Å². The van der Waals surface area contributed by atoms with Crippen LogP contribution in [0.1, 0.15) is 24.0 Å². The fourth-order valence-electron chi connectivity index (χ4n) is 4.64. The third-order valence-electron chi connectivity index (χ3n) is 6.37. The zero-order chi connectivity index (χ0) is 23.8. The first-order valence-corrected chi connectivity index (χ1v) is 11.3. The van der Waals surface area contributed by atoms with Crippen LogP contribution >= 0.6 is 0 Å². The highest BCUT2D eigenvalue weighted by Gasteiger charge is 2.24. The summed E-state index contributed by atoms with van der Waals surface area (Å²) in [5.41, 5.74) is 11.3. The number of aromatic hydroxyl groups is 1. The number of aryl methyl sites for hydroxylation is 1. The van der Waals surface area contributed by atoms with Gasteiger partial charge in [-0.2, -0.15) is 5.26 Å². The number of para-hydroxylation sites is 1. The topological polar surface area (TPSA) is 99.1 Å². The van der Waals surface area contributed by atoms with Crippen molar-refractivity contribution in [2.24, 2.45) is 5.73 Å². The number of phenols is 1. The molecule has 1 fully saturated rings. The Morgan fingerprint density at radius 3 is 2.59 bits per heavy atom. The lowest BCUT2D eigenvalue weighted by molar-refractivity contribution is 0.475. The number of nitriles is 1. The number of rotatable bonds is 3. The van der Waals surface area contributed by atoms with E-state index in [4.69, 9.17) is 5.73 Å². The predicted octanol–water partition coefficient (Wildman–Crippen LogP) is 4.92. The third-order valence-corrected chi connectivity index (χ3v) is 6.37. The fourth-order valence-corrected chi connectivity index (χ4v) is 4.64. The van der Waals surface area contributed by atoms with Gasteiger partial charge in [0.1, 0.15) is 23.3 Å². The molecule has 0 aliphatic carbocycles. The van der Waals surface area contributed by atoms with Gasteiger partial charge < -0.3 is 15.7 Å². The highest BCUT2D eigenvalue weighted by Crippen LogP contribution is 2.40. The summed E-state index contributed by atoms with van der Waals surface area (Å²) >= 11 is 0. The van der Waals surface area contributed by atoms with E-state index >= 15 is 0 Å². The van der Waals surface area contributed by atoms with Crippen molar-refractivity contribution in [2.75, 3.05) is 18.0 Å². The Labute approximate surface area is 197 Å². The number of piperidine rings is 1. The second-order valence-electron chi connectivity index (χ2n) is 8.78. The molecule has 0 saturated carbocycles. The molecule has 0 spiro atoms. The van der Waals surface area contributed by atoms with Crippen LogP contribution in [0.25, 0.3) is 33.3 Å². The number of halogens is 1. The number of fused-ring (bicyclic) bond motifs is 1. The van der Waals surface area contributed by atoms with E-state index in [0.29, 0.717) is 22.3 Å². The largest absolute Gasteiger partial charge is 0.506 e. The summed E-state index contributed by atoms with van der Waals surface area (Å²) in [6.07, 6.45) is 1.69. The van der Waals surface area contributed by atoms with E-state index in [1.165, 1.54) is 12.1 Å². The van der Waals surface area contributed by atoms with Crippen molar-refractivity contribution < 1.29 is 9.50 Å². The Morgan fingerprint density at radius 1 is 1.06 bits per heavy atom. The number of phenolic OH excluding ortho intramolecular Hbond substituents is 1. The molecule has 5 rings (SSSR count). The Morgan fingerprint density at radius 2 is 1.85 bits per heavy atom. The first kappa shape index (κ1) is 21.8. The van der Waals surface area contributed by atoms with Crippen molar-refractivity contribution in [3.8, 4) is 34.2 Å². The molecule has 3 aromatic carbocycles. The molecule has 0 amide bonds. The van der Waals surface area contributed by atoms with Gasteiger partial charge in [0.25, 0.3) is 0 Å². The second kappa shape index (κ2) is 8.73. The maximum atomic E-state index is 14.3. The highest BCUT2D eigenvalue weighted by molar-refractivity contribution is 6.00. The zero-order valence-corrected chi connectivity index (χ0v) is 18.8. The molecular weight excluding hydrogens is 429 g/mol. The van der Waals surface area contributed by atoms with E-state index in [0.717, 1.165) is 48.1 Å². The molecule has 1 aromatic heterocycles. The smallest absolute Gasteiger partial charge is 0.141 e. The lowest BCUT2D eigenvalue weighted by Gasteiger charge is -2.33. The Kier molecular flexibility index (Phi) is 5.60. The number of benzene rings is 3. The molecule has 0 atom stereocenters. The number of anilines is 1. The van der Waals surface area contributed by atoms with Crippen LogP contribution in [0, 0.1) is 24.1 Å². The molecule has 1 saturated heterocycles. The molecule has 1 aliphatic rings. The molecule has 6 nitrogen and oxygen atoms in total. The van der Waals surface area contributed by atoms with Crippen LogP contribution in [0.2, 0.25) is 0 Å². The summed E-state index contributed by atoms with van der Waals surface area (Å²) in [4.78, 5) is 2.24. The normalized spacial score (nSPS) is 14.4. The van der Waals surface area contributed by atoms with Gasteiger partial charge >= 0.3 is 0 Å². The summed E-state index contributed by atoms with van der Waals surface area (Å²) in [6.45, 7) is 3.36. The van der Waals surface area contributed by atoms with Crippen LogP contribution in [-0.2, 0) is 0 Å². The third kappa shape index (κ3) is 3.93. The van der Waals surface area contributed by atoms with Gasteiger partial charge in [0, 0.05) is 35.6 Å². The van der Waals surface area contributed by atoms with Gasteiger partial charge in [-0.25, -0.2) is 4.39 Å². The van der Waals surface area contributed by atoms with Crippen molar-refractivity contribution in [3.05, 3.63) is 71.5 Å². The average molecular weight is 454 g/mol. The van der Waals surface area contributed by atoms with Crippen molar-refractivity contribution in [1.82, 2.24) is 10.2 Å². The van der Waals surface area contributed by atoms with Crippen molar-refractivity contribution in [3.63, 3.8) is 0 Å². The maximum absolute atomic E-state index is 14.3. The second-order valence-corrected chi connectivity index (χ2v) is 8.78. The Hall–Kier alpha value is -4.02. The van der Waals surface area contributed by atoms with Gasteiger partial charge in [0.2, 0.25) is 0 Å². The van der Waals surface area contributed by atoms with Crippen LogP contribution in [0.5, 0.6) is 5.75 Å². The highest BCUT2D eigenvalue weighted by atomic mass is 19.1. The fraction of sp³-hybridized carbons (Fsp3) is 0.222. The zero-order valence-electron chi connectivity index (χ0n) is 18.8. The summed E-state index contributed by atoms with van der Waals surface area (Å²) in [6, 6.07) is 17.8. The SMILES string of the molecule is Cc1cc(F)cc(-c2nnc3ccc(-c4cccc(C#N)c4O)cc3c2N2CCC(N)CC2)c1. The molecule has 1 aliphatic heterocycles. The Balaban J connectivity index is 1.76. The number of hydrogen-bond donors (Lipinski definition) is 2. The van der Waals surface area contributed by atoms with Crippen LogP contribution in [0.3, 0.4) is 0 Å². The van der Waals surface area contributed by atoms with Gasteiger partial charge in [0.15, 0.2) is 0 Å². The minimum Gasteiger partial charge on any atom is -0.506 e. The van der Waals surface area contributed by atoms with E-state index in [9.17, 15) is 14.8 Å². The predicted molar refractivity (Wildman–Crippen MR) is 131 cm³/mol. The summed E-state index contributed by atoms with van der Waals surface area (Å²) in [5.74, 6) is -0.381. The maximum Gasteiger partial charge on any atom is 0.141 e. The minimum absolute atomic E-state index is 0.0576. The standard InChI is InChI=1S/C27H24FN5O/c1-16-11-19(13-20(28)12-16)25-26(33-9-7-21(30)8-10-33)23-14-17(5-6-24(23)31-32-25)22-4-2-3-18(15-29)27(22)34/h2-6,11-14,21,34H,7-10,30H2,1H3. The van der Waals surface area contributed by atoms with E-state index in [1.807, 2.05) is 37.3 Å². The number of nitrogens with zero attached hydrogens (tertiary/aromatic N) is 4. The molecule has 4 aromatic rings. The van der Waals surface area contributed by atoms with E-state index in [-0.39, 0.29) is 23.2 Å². The van der Waals surface area contributed by atoms with E-state index in [2.05, 4.69) is 15.1 Å². The average Bonchev–Trinajstić information content (AvgIpc) is 2.83. The summed E-state index contributed by atoms with van der Waals surface area (Å²) in [5, 5.41) is 29.8. The van der Waals surface area contributed by atoms with Crippen LogP contribution < -0.4 is 10.6 Å². The molecule has 3 N–H and O–H groups in total. The van der Waals surface area contributed by atoms with Gasteiger partial charge in [0.05, 0.1) is 16.8 Å². The van der Waals surface area contributed by atoms with E-state index in [1.54, 1.807) is 18.2 Å². The lowest BCUT2D eigenvalue weighted by Crippen LogP contribution is -2.40. The van der Waals surface area contributed by atoms with Crippen LogP contribution in [-0.4, -0.2) is 34.4 Å². The summed E-state index contributed by atoms with van der Waals surface area (Å²) < 4.78 is 14.3. The van der Waals surface area contributed by atoms with Gasteiger partial charge in [-0.1, -0.05) is 18.2 Å². The Bertz CT molecular complexity index is 1420. The number of nitrogens with two attached hydrogens (primary N) is 1. The summed E-state index contributed by atoms with van der Waals surface area (Å²) in [7, 11) is 0. The van der Waals surface area contributed by atoms with E-state index < -0.39 is 0 Å². The first-order chi connectivity index (χ1) is 16.4. The minimum atomic E-state index is -0.324. The van der Waals surface area contributed by atoms with Gasteiger partial charge in [-0.3, -0.25) is 0 Å². The quantitative estimate of drug-likeness (QED) is 0.457. The molecule has 0 bridgehead atoms. The lowest BCUT2D eigenvalue weighted by atomic mass is 9.97. The number of hydrogen-bond acceptors (Lipinski definition) is 6. The molecule has 0 unspecified atom stereocenters. The number of aromatic nitrogens is 2.